The second kappa shape index (κ2) is 6.06. The number of aliphatic carboxylic acids is 1. The summed E-state index contributed by atoms with van der Waals surface area (Å²) >= 11 is 1.60. The average molecular weight is 327 g/mol. The van der Waals surface area contributed by atoms with Gasteiger partial charge in [0.15, 0.2) is 0 Å². The molecule has 0 spiro atoms. The van der Waals surface area contributed by atoms with Gasteiger partial charge in [-0.2, -0.15) is 4.98 Å². The standard InChI is InChI=1S/C17H17N3O2S/c1-9-4-5-12(6-10(9)2)14-11(3)23-17-15(14)16(19-8-20-17)18-7-13(21)22/h4-6,8H,7H2,1-3H3,(H,21,22)(H,18,19,20). The normalized spacial score (nSPS) is 11.1. The minimum atomic E-state index is -1.11. The summed E-state index contributed by atoms with van der Waals surface area (Å²) in [4.78, 5) is 21.4. The van der Waals surface area contributed by atoms with E-state index in [1.807, 2.05) is 0 Å². The van der Waals surface area contributed by atoms with E-state index in [-0.39, 0.29) is 6.54 Å². The van der Waals surface area contributed by atoms with Crippen LogP contribution in [0.5, 0.6) is 0 Å². The zero-order valence-electron chi connectivity index (χ0n) is 13.2. The topological polar surface area (TPSA) is 82.5 Å². The number of hydrogen-bond donors (Lipinski definition) is 1. The highest BCUT2D eigenvalue weighted by Crippen LogP contribution is 2.39. The lowest BCUT2D eigenvalue weighted by Gasteiger charge is -2.07. The molecule has 0 aliphatic rings. The highest BCUT2D eigenvalue weighted by Gasteiger charge is 2.19. The Kier molecular flexibility index (Phi) is 4.11. The van der Waals surface area contributed by atoms with Crippen LogP contribution >= 0.6 is 11.3 Å². The predicted molar refractivity (Wildman–Crippen MR) is 88.5 cm³/mol. The van der Waals surface area contributed by atoms with Gasteiger partial charge in [-0.25, -0.2) is 4.98 Å². The first-order valence-corrected chi connectivity index (χ1v) is 8.14. The molecule has 0 atom stereocenters. The highest BCUT2D eigenvalue weighted by atomic mass is 32.1. The third-order valence-electron chi connectivity index (χ3n) is 3.95. The molecule has 6 heteroatoms. The maximum Gasteiger partial charge on any atom is 0.237 e. The highest BCUT2D eigenvalue weighted by molar-refractivity contribution is 7.19. The Balaban J connectivity index is 2.21. The van der Waals surface area contributed by atoms with Crippen LogP contribution in [-0.4, -0.2) is 22.5 Å². The molecule has 0 saturated carbocycles. The fourth-order valence-corrected chi connectivity index (χ4v) is 3.67. The summed E-state index contributed by atoms with van der Waals surface area (Å²) in [6.45, 7) is 6.06. The van der Waals surface area contributed by atoms with Gasteiger partial charge in [0.1, 0.15) is 23.1 Å². The summed E-state index contributed by atoms with van der Waals surface area (Å²) in [6, 6.07) is 6.34. The molecule has 2 aromatic heterocycles. The van der Waals surface area contributed by atoms with Gasteiger partial charge in [0.05, 0.1) is 5.97 Å². The number of fused-ring (bicyclic) bond motifs is 1. The minimum absolute atomic E-state index is 0.159. The van der Waals surface area contributed by atoms with E-state index >= 15 is 0 Å². The van der Waals surface area contributed by atoms with E-state index in [4.69, 9.17) is 0 Å². The SMILES string of the molecule is Cc1ccc(-c2c(C)sc3ncnc([NH2+]CC(=O)[O-])c23)cc1C. The Labute approximate surface area is 138 Å². The van der Waals surface area contributed by atoms with Crippen molar-refractivity contribution in [2.45, 2.75) is 20.8 Å². The number of aromatic nitrogens is 2. The van der Waals surface area contributed by atoms with Gasteiger partial charge in [-0.1, -0.05) is 18.2 Å². The molecule has 0 bridgehead atoms. The number of aryl methyl sites for hydroxylation is 3. The van der Waals surface area contributed by atoms with Gasteiger partial charge in [0.25, 0.3) is 0 Å². The number of benzene rings is 1. The lowest BCUT2D eigenvalue weighted by atomic mass is 9.99. The van der Waals surface area contributed by atoms with E-state index in [1.54, 1.807) is 16.7 Å². The quantitative estimate of drug-likeness (QED) is 0.781. The van der Waals surface area contributed by atoms with Crippen molar-refractivity contribution in [3.05, 3.63) is 40.5 Å². The second-order valence-corrected chi connectivity index (χ2v) is 6.75. The number of carboxylic acids is 1. The monoisotopic (exact) mass is 327 g/mol. The summed E-state index contributed by atoms with van der Waals surface area (Å²) in [5, 5.41) is 13.3. The van der Waals surface area contributed by atoms with Crippen LogP contribution in [0, 0.1) is 20.8 Å². The Morgan fingerprint density at radius 1 is 1.22 bits per heavy atom. The van der Waals surface area contributed by atoms with Crippen LogP contribution in [0.4, 0.5) is 5.82 Å². The van der Waals surface area contributed by atoms with Gasteiger partial charge in [-0.05, 0) is 37.5 Å². The fourth-order valence-electron chi connectivity index (χ4n) is 2.65. The second-order valence-electron chi connectivity index (χ2n) is 5.55. The van der Waals surface area contributed by atoms with Crippen LogP contribution in [0.1, 0.15) is 16.0 Å². The minimum Gasteiger partial charge on any atom is -0.544 e. The lowest BCUT2D eigenvalue weighted by Crippen LogP contribution is -2.81. The molecule has 2 heterocycles. The molecule has 0 saturated heterocycles. The smallest absolute Gasteiger partial charge is 0.237 e. The van der Waals surface area contributed by atoms with Crippen molar-refractivity contribution >= 4 is 33.3 Å². The predicted octanol–water partition coefficient (Wildman–Crippen LogP) is 1.23. The van der Waals surface area contributed by atoms with Crippen LogP contribution in [0.3, 0.4) is 0 Å². The summed E-state index contributed by atoms with van der Waals surface area (Å²) in [5.41, 5.74) is 4.65. The van der Waals surface area contributed by atoms with Gasteiger partial charge >= 0.3 is 0 Å². The molecule has 0 amide bonds. The molecule has 3 aromatic rings. The molecule has 23 heavy (non-hydrogen) atoms. The van der Waals surface area contributed by atoms with Gasteiger partial charge in [-0.3, -0.25) is 5.32 Å². The number of hydrogen-bond acceptors (Lipinski definition) is 5. The number of nitrogens with two attached hydrogens (primary N) is 1. The van der Waals surface area contributed by atoms with Crippen LogP contribution < -0.4 is 10.4 Å². The van der Waals surface area contributed by atoms with E-state index in [9.17, 15) is 9.90 Å². The van der Waals surface area contributed by atoms with Crippen LogP contribution in [0.25, 0.3) is 21.3 Å². The van der Waals surface area contributed by atoms with E-state index in [0.29, 0.717) is 5.82 Å². The number of quaternary nitrogens is 1. The molecule has 118 valence electrons. The van der Waals surface area contributed by atoms with E-state index in [0.717, 1.165) is 26.2 Å². The first kappa shape index (κ1) is 15.6. The van der Waals surface area contributed by atoms with Gasteiger partial charge in [0.2, 0.25) is 5.82 Å². The average Bonchev–Trinajstić information content (AvgIpc) is 2.84. The van der Waals surface area contributed by atoms with E-state index in [1.165, 1.54) is 17.5 Å². The Morgan fingerprint density at radius 3 is 2.70 bits per heavy atom. The maximum atomic E-state index is 10.8. The third kappa shape index (κ3) is 2.95. The molecule has 0 unspecified atom stereocenters. The molecule has 0 aliphatic carbocycles. The first-order valence-electron chi connectivity index (χ1n) is 7.32. The first-order chi connectivity index (χ1) is 11.0. The van der Waals surface area contributed by atoms with Crippen molar-refractivity contribution in [1.29, 1.82) is 0 Å². The number of nitrogens with zero attached hydrogens (tertiary/aromatic N) is 2. The molecular weight excluding hydrogens is 310 g/mol. The number of carbonyl (C=O) groups is 1. The van der Waals surface area contributed by atoms with Crippen LogP contribution in [0.15, 0.2) is 24.5 Å². The molecule has 1 aromatic carbocycles. The van der Waals surface area contributed by atoms with E-state index in [2.05, 4.69) is 48.9 Å². The fraction of sp³-hybridized carbons (Fsp3) is 0.235. The summed E-state index contributed by atoms with van der Waals surface area (Å²) in [5.74, 6) is -0.465. The van der Waals surface area contributed by atoms with Crippen molar-refractivity contribution in [3.8, 4) is 11.1 Å². The van der Waals surface area contributed by atoms with Crippen molar-refractivity contribution in [3.63, 3.8) is 0 Å². The van der Waals surface area contributed by atoms with Crippen LogP contribution in [-0.2, 0) is 4.79 Å². The molecule has 5 nitrogen and oxygen atoms in total. The Morgan fingerprint density at radius 2 is 2.00 bits per heavy atom. The van der Waals surface area contributed by atoms with Gasteiger partial charge in [0, 0.05) is 10.4 Å². The molecule has 0 fully saturated rings. The zero-order chi connectivity index (χ0) is 16.6. The number of thiophene rings is 1. The Bertz CT molecular complexity index is 902. The van der Waals surface area contributed by atoms with Gasteiger partial charge < -0.3 is 9.90 Å². The maximum absolute atomic E-state index is 10.8. The van der Waals surface area contributed by atoms with Crippen LogP contribution in [0.2, 0.25) is 0 Å². The summed E-state index contributed by atoms with van der Waals surface area (Å²) in [6.07, 6.45) is 1.48. The molecule has 3 rings (SSSR count). The third-order valence-corrected chi connectivity index (χ3v) is 4.96. The number of carbonyl (C=O) groups excluding carboxylic acids is 1. The number of carboxylic acid groups (broad SMARTS) is 1. The summed E-state index contributed by atoms with van der Waals surface area (Å²) in [7, 11) is 0. The van der Waals surface area contributed by atoms with Crippen molar-refractivity contribution in [2.75, 3.05) is 6.54 Å². The van der Waals surface area contributed by atoms with E-state index < -0.39 is 5.97 Å². The largest absolute Gasteiger partial charge is 0.544 e. The molecule has 0 radical (unpaired) electrons. The Hall–Kier alpha value is -2.31. The van der Waals surface area contributed by atoms with Crippen molar-refractivity contribution < 1.29 is 15.2 Å². The van der Waals surface area contributed by atoms with Crippen molar-refractivity contribution in [2.24, 2.45) is 0 Å². The van der Waals surface area contributed by atoms with Gasteiger partial charge in [-0.15, -0.1) is 11.3 Å². The molecule has 2 N–H and O–H groups in total. The molecule has 0 aliphatic heterocycles. The lowest BCUT2D eigenvalue weighted by molar-refractivity contribution is -0.571. The number of rotatable bonds is 4. The summed E-state index contributed by atoms with van der Waals surface area (Å²) < 4.78 is 0. The zero-order valence-corrected chi connectivity index (χ0v) is 14.0. The molecular formula is C17H17N3O2S. The van der Waals surface area contributed by atoms with Crippen molar-refractivity contribution in [1.82, 2.24) is 9.97 Å².